The van der Waals surface area contributed by atoms with Crippen LogP contribution in [0.25, 0.3) is 5.57 Å². The highest BCUT2D eigenvalue weighted by molar-refractivity contribution is 5.91. The van der Waals surface area contributed by atoms with Gasteiger partial charge in [-0.15, -0.1) is 0 Å². The average Bonchev–Trinajstić information content (AvgIpc) is 2.71. The van der Waals surface area contributed by atoms with Crippen LogP contribution in [0.4, 0.5) is 0 Å². The Morgan fingerprint density at radius 2 is 1.79 bits per heavy atom. The van der Waals surface area contributed by atoms with Gasteiger partial charge in [-0.3, -0.25) is 14.4 Å². The van der Waals surface area contributed by atoms with Crippen LogP contribution in [0.5, 0.6) is 0 Å². The molecule has 0 radical (unpaired) electrons. The molecule has 1 heterocycles. The van der Waals surface area contributed by atoms with Gasteiger partial charge < -0.3 is 5.32 Å². The number of amides is 1. The Hall–Kier alpha value is -3.01. The minimum atomic E-state index is -0.611. The lowest BCUT2D eigenvalue weighted by Gasteiger charge is -2.21. The van der Waals surface area contributed by atoms with E-state index in [1.807, 2.05) is 54.6 Å². The third-order valence-electron chi connectivity index (χ3n) is 5.46. The standard InChI is InChI=1S/C25H27NO3/c1-17-11-12-23(28)16-22(13-19-7-4-3-5-8-19)25(29)26-24(18(2)27)15-20-9-6-10-21(17)14-20/h3-10,14,22,24H,1,11-13,15-16H2,2H3,(H,26,29)/t22-,24+/m1/s1. The van der Waals surface area contributed by atoms with Crippen LogP contribution in [0.3, 0.4) is 0 Å². The summed E-state index contributed by atoms with van der Waals surface area (Å²) >= 11 is 0. The fourth-order valence-electron chi connectivity index (χ4n) is 3.71. The number of benzene rings is 2. The highest BCUT2D eigenvalue weighted by Gasteiger charge is 2.27. The molecule has 150 valence electrons. The van der Waals surface area contributed by atoms with E-state index in [0.29, 0.717) is 25.7 Å². The van der Waals surface area contributed by atoms with Gasteiger partial charge in [-0.2, -0.15) is 0 Å². The number of carbonyl (C=O) groups is 3. The molecule has 1 N–H and O–H groups in total. The quantitative estimate of drug-likeness (QED) is 0.865. The molecule has 1 aliphatic heterocycles. The summed E-state index contributed by atoms with van der Waals surface area (Å²) in [5.41, 5.74) is 3.84. The van der Waals surface area contributed by atoms with Gasteiger partial charge in [0.2, 0.25) is 5.91 Å². The molecule has 0 saturated heterocycles. The van der Waals surface area contributed by atoms with Crippen molar-refractivity contribution in [2.75, 3.05) is 0 Å². The van der Waals surface area contributed by atoms with Gasteiger partial charge >= 0.3 is 0 Å². The zero-order chi connectivity index (χ0) is 20.8. The minimum absolute atomic E-state index is 0.0389. The molecule has 2 atom stereocenters. The molecular weight excluding hydrogens is 362 g/mol. The molecule has 2 aromatic carbocycles. The van der Waals surface area contributed by atoms with Crippen LogP contribution < -0.4 is 5.32 Å². The molecule has 2 aromatic rings. The monoisotopic (exact) mass is 389 g/mol. The molecule has 1 amide bonds. The first kappa shape index (κ1) is 20.7. The SMILES string of the molecule is C=C1CCC(=O)C[C@@H](Cc2ccccc2)C(=O)N[C@H](C(C)=O)Cc2cccc1c2. The van der Waals surface area contributed by atoms with Gasteiger partial charge in [0.15, 0.2) is 5.78 Å². The van der Waals surface area contributed by atoms with E-state index in [0.717, 1.165) is 22.3 Å². The van der Waals surface area contributed by atoms with E-state index >= 15 is 0 Å². The Labute approximate surface area is 172 Å². The van der Waals surface area contributed by atoms with Crippen molar-refractivity contribution in [1.82, 2.24) is 5.32 Å². The molecule has 4 nitrogen and oxygen atoms in total. The number of ketones is 2. The lowest BCUT2D eigenvalue weighted by atomic mass is 9.91. The van der Waals surface area contributed by atoms with Crippen LogP contribution in [0.15, 0.2) is 61.2 Å². The van der Waals surface area contributed by atoms with Crippen molar-refractivity contribution in [3.05, 3.63) is 77.9 Å². The van der Waals surface area contributed by atoms with E-state index < -0.39 is 12.0 Å². The zero-order valence-corrected chi connectivity index (χ0v) is 16.8. The maximum atomic E-state index is 13.0. The van der Waals surface area contributed by atoms with Crippen LogP contribution in [0.2, 0.25) is 0 Å². The van der Waals surface area contributed by atoms with Crippen LogP contribution in [-0.2, 0) is 27.2 Å². The lowest BCUT2D eigenvalue weighted by Crippen LogP contribution is -2.45. The zero-order valence-electron chi connectivity index (χ0n) is 16.8. The van der Waals surface area contributed by atoms with Gasteiger partial charge in [0, 0.05) is 18.8 Å². The Kier molecular flexibility index (Phi) is 6.76. The summed E-state index contributed by atoms with van der Waals surface area (Å²) in [5.74, 6) is -0.792. The minimum Gasteiger partial charge on any atom is -0.346 e. The fourth-order valence-corrected chi connectivity index (χ4v) is 3.71. The average molecular weight is 389 g/mol. The van der Waals surface area contributed by atoms with E-state index in [2.05, 4.69) is 11.9 Å². The summed E-state index contributed by atoms with van der Waals surface area (Å²) in [7, 11) is 0. The van der Waals surface area contributed by atoms with Gasteiger partial charge in [-0.1, -0.05) is 61.2 Å². The molecular formula is C25H27NO3. The van der Waals surface area contributed by atoms with E-state index in [4.69, 9.17) is 0 Å². The Balaban J connectivity index is 1.89. The summed E-state index contributed by atoms with van der Waals surface area (Å²) in [6.45, 7) is 5.62. The number of hydrogen-bond acceptors (Lipinski definition) is 3. The number of hydrogen-bond donors (Lipinski definition) is 1. The molecule has 1 aliphatic rings. The number of carbonyl (C=O) groups excluding carboxylic acids is 3. The summed E-state index contributed by atoms with van der Waals surface area (Å²) in [6.07, 6.45) is 1.98. The van der Waals surface area contributed by atoms with Crippen LogP contribution in [0.1, 0.15) is 42.9 Å². The topological polar surface area (TPSA) is 63.2 Å². The second-order valence-corrected chi connectivity index (χ2v) is 7.81. The molecule has 4 heteroatoms. The van der Waals surface area contributed by atoms with Gasteiger partial charge in [0.25, 0.3) is 0 Å². The smallest absolute Gasteiger partial charge is 0.224 e. The highest BCUT2D eigenvalue weighted by atomic mass is 16.2. The Morgan fingerprint density at radius 3 is 2.52 bits per heavy atom. The van der Waals surface area contributed by atoms with Gasteiger partial charge in [-0.25, -0.2) is 0 Å². The van der Waals surface area contributed by atoms with Gasteiger partial charge in [-0.05, 0) is 48.4 Å². The first-order valence-electron chi connectivity index (χ1n) is 10.1. The molecule has 0 unspecified atom stereocenters. The summed E-state index contributed by atoms with van der Waals surface area (Å²) in [4.78, 5) is 37.9. The predicted molar refractivity (Wildman–Crippen MR) is 114 cm³/mol. The number of fused-ring (bicyclic) bond motifs is 2. The van der Waals surface area contributed by atoms with E-state index in [9.17, 15) is 14.4 Å². The molecule has 29 heavy (non-hydrogen) atoms. The molecule has 0 saturated carbocycles. The van der Waals surface area contributed by atoms with Crippen molar-refractivity contribution in [1.29, 1.82) is 0 Å². The first-order chi connectivity index (χ1) is 13.9. The Bertz CT molecular complexity index is 917. The van der Waals surface area contributed by atoms with E-state index in [1.165, 1.54) is 6.92 Å². The maximum absolute atomic E-state index is 13.0. The van der Waals surface area contributed by atoms with Crippen LogP contribution in [0, 0.1) is 5.92 Å². The first-order valence-corrected chi connectivity index (χ1v) is 10.1. The van der Waals surface area contributed by atoms with Crippen molar-refractivity contribution in [2.45, 2.75) is 45.1 Å². The van der Waals surface area contributed by atoms with E-state index in [1.54, 1.807) is 0 Å². The molecule has 0 fully saturated rings. The summed E-state index contributed by atoms with van der Waals surface area (Å²) in [5, 5.41) is 2.90. The van der Waals surface area contributed by atoms with Crippen molar-refractivity contribution < 1.29 is 14.4 Å². The van der Waals surface area contributed by atoms with Crippen LogP contribution in [-0.4, -0.2) is 23.5 Å². The molecule has 0 spiro atoms. The molecule has 3 rings (SSSR count). The Morgan fingerprint density at radius 1 is 1.03 bits per heavy atom. The largest absolute Gasteiger partial charge is 0.346 e. The maximum Gasteiger partial charge on any atom is 0.224 e. The third-order valence-corrected chi connectivity index (χ3v) is 5.46. The van der Waals surface area contributed by atoms with Crippen LogP contribution >= 0.6 is 0 Å². The van der Waals surface area contributed by atoms with Gasteiger partial charge in [0.05, 0.1) is 6.04 Å². The predicted octanol–water partition coefficient (Wildman–Crippen LogP) is 3.93. The third kappa shape index (κ3) is 5.74. The second kappa shape index (κ2) is 9.46. The number of rotatable bonds is 3. The number of allylic oxidation sites excluding steroid dienone is 1. The highest BCUT2D eigenvalue weighted by Crippen LogP contribution is 2.23. The molecule has 0 aliphatic carbocycles. The second-order valence-electron chi connectivity index (χ2n) is 7.81. The normalized spacial score (nSPS) is 20.8. The number of nitrogens with one attached hydrogen (secondary N) is 1. The van der Waals surface area contributed by atoms with Crippen molar-refractivity contribution in [3.8, 4) is 0 Å². The van der Waals surface area contributed by atoms with E-state index in [-0.39, 0.29) is 23.9 Å². The van der Waals surface area contributed by atoms with Crippen molar-refractivity contribution in [3.63, 3.8) is 0 Å². The summed E-state index contributed by atoms with van der Waals surface area (Å²) < 4.78 is 0. The molecule has 0 aromatic heterocycles. The van der Waals surface area contributed by atoms with Gasteiger partial charge in [0.1, 0.15) is 5.78 Å². The fraction of sp³-hybridized carbons (Fsp3) is 0.320. The van der Waals surface area contributed by atoms with Crippen molar-refractivity contribution in [2.24, 2.45) is 5.92 Å². The molecule has 2 bridgehead atoms. The summed E-state index contributed by atoms with van der Waals surface area (Å²) in [6, 6.07) is 16.9. The number of Topliss-reactive ketones (excluding diaryl/α,β-unsaturated/α-hetero) is 2. The lowest BCUT2D eigenvalue weighted by molar-refractivity contribution is -0.132. The van der Waals surface area contributed by atoms with Crippen molar-refractivity contribution >= 4 is 23.0 Å².